The first-order valence-corrected chi connectivity index (χ1v) is 20.5. The summed E-state index contributed by atoms with van der Waals surface area (Å²) in [5.41, 5.74) is 6.08. The summed E-state index contributed by atoms with van der Waals surface area (Å²) in [4.78, 5) is 54.0. The van der Waals surface area contributed by atoms with E-state index in [-0.39, 0.29) is 23.5 Å². The summed E-state index contributed by atoms with van der Waals surface area (Å²) in [7, 11) is 5.76. The van der Waals surface area contributed by atoms with Crippen LogP contribution in [0, 0.1) is 5.92 Å². The van der Waals surface area contributed by atoms with E-state index in [0.717, 1.165) is 47.9 Å². The van der Waals surface area contributed by atoms with Crippen LogP contribution in [0.5, 0.6) is 5.75 Å². The first kappa shape index (κ1) is 40.0. The molecule has 7 aromatic rings. The first-order chi connectivity index (χ1) is 28.2. The lowest BCUT2D eigenvalue weighted by Crippen LogP contribution is -2.42. The van der Waals surface area contributed by atoms with Gasteiger partial charge in [-0.15, -0.1) is 0 Å². The van der Waals surface area contributed by atoms with E-state index in [9.17, 15) is 19.2 Å². The van der Waals surface area contributed by atoms with E-state index >= 15 is 0 Å². The molecule has 4 aromatic carbocycles. The van der Waals surface area contributed by atoms with Crippen LogP contribution in [-0.4, -0.2) is 57.4 Å². The lowest BCUT2D eigenvalue weighted by Gasteiger charge is -2.27. The Balaban J connectivity index is 0.000000165. The molecule has 1 saturated carbocycles. The van der Waals surface area contributed by atoms with E-state index in [1.165, 1.54) is 12.8 Å². The number of quaternary nitrogens is 1. The van der Waals surface area contributed by atoms with Crippen molar-refractivity contribution >= 4 is 93.6 Å². The summed E-state index contributed by atoms with van der Waals surface area (Å²) >= 11 is 10.4. The fraction of sp³-hybridized carbons (Fsp3) is 0.171. The van der Waals surface area contributed by atoms with Crippen LogP contribution in [0.4, 0.5) is 17.1 Å². The molecule has 4 heterocycles. The van der Waals surface area contributed by atoms with Crippen molar-refractivity contribution < 1.29 is 23.4 Å². The van der Waals surface area contributed by atoms with E-state index in [1.807, 2.05) is 74.3 Å². The number of aryl methyl sites for hydroxylation is 1. The number of H-pyrrole nitrogens is 2. The number of benzene rings is 4. The molecule has 18 heteroatoms. The molecule has 0 atom stereocenters. The molecule has 0 unspecified atom stereocenters. The summed E-state index contributed by atoms with van der Waals surface area (Å²) < 4.78 is 19.7. The second kappa shape index (κ2) is 16.1. The zero-order chi connectivity index (χ0) is 41.6. The minimum absolute atomic E-state index is 0.232. The maximum absolute atomic E-state index is 13.1. The molecular formula is C41H34Br3N8O7+. The zero-order valence-corrected chi connectivity index (χ0v) is 36.3. The Kier molecular flexibility index (Phi) is 10.9. The van der Waals surface area contributed by atoms with Gasteiger partial charge in [-0.3, -0.25) is 33.1 Å². The van der Waals surface area contributed by atoms with Gasteiger partial charge in [-0.25, -0.2) is 9.59 Å². The SMILES string of the molecule is C[N+]1(C)C(C(=O)Nc2ccc(Br)cc2-c2noc(=O)[nH]2)=Cc2cccc(Br)c21.Cn1c(C(=O)Nc2ccc(Br)cc2-c2noc(=O)[nH]2)cc2ccc(OCC3CC3)cc21. The van der Waals surface area contributed by atoms with Crippen LogP contribution >= 0.6 is 47.8 Å². The Labute approximate surface area is 360 Å². The monoisotopic (exact) mass is 987 g/mol. The third kappa shape index (κ3) is 8.38. The second-order valence-electron chi connectivity index (χ2n) is 14.4. The number of anilines is 2. The van der Waals surface area contributed by atoms with Crippen LogP contribution in [0.3, 0.4) is 0 Å². The van der Waals surface area contributed by atoms with Gasteiger partial charge in [0.2, 0.25) is 5.70 Å². The lowest BCUT2D eigenvalue weighted by molar-refractivity contribution is -0.113. The fourth-order valence-electron chi connectivity index (χ4n) is 6.81. The highest BCUT2D eigenvalue weighted by Gasteiger charge is 2.40. The second-order valence-corrected chi connectivity index (χ2v) is 17.1. The van der Waals surface area contributed by atoms with Gasteiger partial charge in [-0.2, -0.15) is 0 Å². The molecule has 1 fully saturated rings. The van der Waals surface area contributed by atoms with Crippen LogP contribution in [-0.2, 0) is 11.8 Å². The molecule has 3 aromatic heterocycles. The maximum atomic E-state index is 13.1. The van der Waals surface area contributed by atoms with Gasteiger partial charge in [0, 0.05) is 50.2 Å². The van der Waals surface area contributed by atoms with Crippen molar-refractivity contribution in [1.29, 1.82) is 0 Å². The smallest absolute Gasteiger partial charge is 0.439 e. The summed E-state index contributed by atoms with van der Waals surface area (Å²) in [6.07, 6.45) is 4.35. The highest BCUT2D eigenvalue weighted by atomic mass is 79.9. The molecule has 15 nitrogen and oxygen atoms in total. The summed E-state index contributed by atoms with van der Waals surface area (Å²) in [6.45, 7) is 0.736. The molecule has 300 valence electrons. The van der Waals surface area contributed by atoms with Crippen LogP contribution in [0.2, 0.25) is 0 Å². The normalized spacial score (nSPS) is 14.0. The lowest BCUT2D eigenvalue weighted by atomic mass is 10.1. The molecule has 2 amide bonds. The molecule has 1 aliphatic carbocycles. The van der Waals surface area contributed by atoms with Gasteiger partial charge in [0.05, 0.1) is 42.1 Å². The molecule has 2 aliphatic rings. The van der Waals surface area contributed by atoms with Crippen molar-refractivity contribution in [3.63, 3.8) is 0 Å². The van der Waals surface area contributed by atoms with E-state index in [2.05, 4.69) is 87.8 Å². The number of nitrogens with zero attached hydrogens (tertiary/aromatic N) is 4. The third-order valence-corrected chi connectivity index (χ3v) is 11.6. The maximum Gasteiger partial charge on any atom is 0.439 e. The van der Waals surface area contributed by atoms with Crippen molar-refractivity contribution in [2.75, 3.05) is 31.3 Å². The van der Waals surface area contributed by atoms with Gasteiger partial charge in [-0.1, -0.05) is 48.2 Å². The number of hydrogen-bond donors (Lipinski definition) is 4. The molecule has 0 bridgehead atoms. The summed E-state index contributed by atoms with van der Waals surface area (Å²) in [6, 6.07) is 24.1. The Hall–Kier alpha value is -5.82. The Morgan fingerprint density at radius 2 is 1.44 bits per heavy atom. The minimum Gasteiger partial charge on any atom is -0.493 e. The van der Waals surface area contributed by atoms with Crippen LogP contribution in [0.1, 0.15) is 28.9 Å². The number of likely N-dealkylation sites (N-methyl/N-ethyl adjacent to an activating group) is 1. The highest BCUT2D eigenvalue weighted by molar-refractivity contribution is 9.11. The quantitative estimate of drug-likeness (QED) is 0.103. The largest absolute Gasteiger partial charge is 0.493 e. The number of ether oxygens (including phenoxy) is 1. The fourth-order valence-corrected chi connectivity index (χ4v) is 8.36. The van der Waals surface area contributed by atoms with Gasteiger partial charge >= 0.3 is 17.4 Å². The highest BCUT2D eigenvalue weighted by Crippen LogP contribution is 2.43. The van der Waals surface area contributed by atoms with E-state index in [4.69, 9.17) is 4.74 Å². The van der Waals surface area contributed by atoms with Crippen molar-refractivity contribution in [1.82, 2.24) is 29.3 Å². The number of para-hydroxylation sites is 1. The van der Waals surface area contributed by atoms with E-state index in [0.29, 0.717) is 44.3 Å². The summed E-state index contributed by atoms with van der Waals surface area (Å²) in [5.74, 6) is 0.0846. The Morgan fingerprint density at radius 1 is 0.831 bits per heavy atom. The number of aromatic nitrogens is 5. The van der Waals surface area contributed by atoms with Crippen LogP contribution in [0.15, 0.2) is 117 Å². The number of hydrogen-bond acceptors (Lipinski definition) is 9. The molecule has 0 spiro atoms. The van der Waals surface area contributed by atoms with Crippen molar-refractivity contribution in [2.24, 2.45) is 13.0 Å². The van der Waals surface area contributed by atoms with Crippen LogP contribution < -0.4 is 31.4 Å². The first-order valence-electron chi connectivity index (χ1n) is 18.2. The number of carbonyl (C=O) groups is 2. The number of nitrogens with one attached hydrogen (secondary N) is 4. The number of amides is 2. The van der Waals surface area contributed by atoms with Crippen molar-refractivity contribution in [3.05, 3.63) is 130 Å². The molecule has 0 saturated heterocycles. The van der Waals surface area contributed by atoms with Gasteiger partial charge in [0.1, 0.15) is 11.4 Å². The summed E-state index contributed by atoms with van der Waals surface area (Å²) in [5, 5.41) is 14.2. The van der Waals surface area contributed by atoms with E-state index in [1.54, 1.807) is 36.4 Å². The predicted molar refractivity (Wildman–Crippen MR) is 234 cm³/mol. The predicted octanol–water partition coefficient (Wildman–Crippen LogP) is 8.44. The van der Waals surface area contributed by atoms with Crippen LogP contribution in [0.25, 0.3) is 39.8 Å². The standard InChI is InChI=1S/C22H19BrN4O4.C19H14Br2N4O3/c1-27-18-10-15(30-11-12-2-3-12)6-4-13(18)8-19(27)21(28)24-17-7-5-14(23)9-16(17)20-25-22(29)31-26-20;1-25(2)15(8-10-4-3-5-13(21)16(10)25)18(26)22-14-7-6-11(20)9-12(14)17-23-19(27)28-24-17/h4-10,12H,2-3,11H2,1H3,(H,24,28)(H,25,26,29);3-9H,1-2H3,(H-,22,23,24,26,27)/p+1. The van der Waals surface area contributed by atoms with Gasteiger partial charge < -0.3 is 19.9 Å². The molecule has 1 aliphatic heterocycles. The Bertz CT molecular complexity index is 2940. The van der Waals surface area contributed by atoms with Gasteiger partial charge in [0.25, 0.3) is 5.91 Å². The zero-order valence-electron chi connectivity index (χ0n) is 31.6. The number of fused-ring (bicyclic) bond motifs is 2. The number of carbonyl (C=O) groups excluding carboxylic acids is 2. The topological polar surface area (TPSA) is 190 Å². The average molecular weight is 990 g/mol. The number of aromatic amines is 2. The van der Waals surface area contributed by atoms with E-state index < -0.39 is 11.5 Å². The average Bonchev–Trinajstić information content (AvgIpc) is 3.44. The molecule has 0 radical (unpaired) electrons. The minimum atomic E-state index is -0.666. The number of rotatable bonds is 9. The third-order valence-electron chi connectivity index (χ3n) is 9.99. The number of halogens is 3. The molecule has 9 rings (SSSR count). The van der Waals surface area contributed by atoms with Gasteiger partial charge in [0.15, 0.2) is 17.3 Å². The van der Waals surface area contributed by atoms with Crippen molar-refractivity contribution in [2.45, 2.75) is 12.8 Å². The molecule has 59 heavy (non-hydrogen) atoms. The molecular weight excluding hydrogens is 956 g/mol. The Morgan fingerprint density at radius 3 is 2.00 bits per heavy atom. The molecule has 4 N–H and O–H groups in total. The van der Waals surface area contributed by atoms with Crippen molar-refractivity contribution in [3.8, 4) is 28.5 Å². The van der Waals surface area contributed by atoms with Gasteiger partial charge in [-0.05, 0) is 101 Å².